The minimum atomic E-state index is -1.17. The second-order valence-electron chi connectivity index (χ2n) is 3.08. The van der Waals surface area contributed by atoms with E-state index >= 15 is 0 Å². The lowest BCUT2D eigenvalue weighted by molar-refractivity contribution is -0.384. The summed E-state index contributed by atoms with van der Waals surface area (Å²) in [5, 5.41) is 11.0. The van der Waals surface area contributed by atoms with Crippen LogP contribution in [0, 0.1) is 10.1 Å². The largest absolute Gasteiger partial charge is 0.395 e. The van der Waals surface area contributed by atoms with Crippen molar-refractivity contribution in [3.63, 3.8) is 0 Å². The molecule has 1 N–H and O–H groups in total. The number of nitrogens with zero attached hydrogens (tertiary/aromatic N) is 1. The highest BCUT2D eigenvalue weighted by Gasteiger charge is 2.13. The Bertz CT molecular complexity index is 578. The Morgan fingerprint density at radius 3 is 2.81 bits per heavy atom. The van der Waals surface area contributed by atoms with Crippen LogP contribution < -0.4 is 0 Å². The Kier molecular flexibility index (Phi) is 2.28. The fraction of sp³-hybridized carbons (Fsp3) is 0. The number of hydrogen-bond donors (Lipinski definition) is 1. The third-order valence-electron chi connectivity index (χ3n) is 2.11. The number of nitrogens with one attached hydrogen (secondary N) is 1. The van der Waals surface area contributed by atoms with E-state index in [-0.39, 0.29) is 11.4 Å². The van der Waals surface area contributed by atoms with Gasteiger partial charge in [-0.05, 0) is 12.1 Å². The van der Waals surface area contributed by atoms with E-state index in [9.17, 15) is 19.4 Å². The van der Waals surface area contributed by atoms with E-state index in [0.717, 1.165) is 0 Å². The number of non-ortho nitro benzene ring substituents is 1. The Labute approximate surface area is 87.7 Å². The van der Waals surface area contributed by atoms with Crippen LogP contribution in [0.4, 0.5) is 10.2 Å². The molecule has 0 radical (unpaired) electrons. The van der Waals surface area contributed by atoms with E-state index in [1.165, 1.54) is 24.3 Å². The van der Waals surface area contributed by atoms with Crippen molar-refractivity contribution in [2.45, 2.75) is 0 Å². The fourth-order valence-corrected chi connectivity index (χ4v) is 1.38. The Hall–Kier alpha value is -2.44. The molecule has 6 nitrogen and oxygen atoms in total. The monoisotopic (exact) mass is 224 g/mol. The molecule has 0 spiro atoms. The van der Waals surface area contributed by atoms with Gasteiger partial charge in [0, 0.05) is 22.0 Å². The number of nitro groups is 1. The Balaban J connectivity index is 2.54. The molecule has 1 aromatic heterocycles. The lowest BCUT2D eigenvalue weighted by atomic mass is 10.2. The molecule has 0 saturated carbocycles. The minimum absolute atomic E-state index is 0.0991. The van der Waals surface area contributed by atoms with Crippen molar-refractivity contribution in [3.8, 4) is 0 Å². The summed E-state index contributed by atoms with van der Waals surface area (Å²) in [7, 11) is 0. The molecule has 0 aliphatic carbocycles. The third kappa shape index (κ3) is 1.58. The molecule has 2 rings (SSSR count). The molecule has 82 valence electrons. The van der Waals surface area contributed by atoms with Crippen LogP contribution in [0.2, 0.25) is 0 Å². The van der Waals surface area contributed by atoms with Gasteiger partial charge in [-0.2, -0.15) is 0 Å². The molecule has 0 atom stereocenters. The van der Waals surface area contributed by atoms with Crippen molar-refractivity contribution < 1.29 is 19.2 Å². The summed E-state index contributed by atoms with van der Waals surface area (Å²) in [6.45, 7) is 0. The van der Waals surface area contributed by atoms with Gasteiger partial charge in [-0.3, -0.25) is 10.1 Å². The van der Waals surface area contributed by atoms with E-state index < -0.39 is 10.9 Å². The summed E-state index contributed by atoms with van der Waals surface area (Å²) in [6.07, 6.45) is 0. The number of fused-ring (bicyclic) bond motifs is 1. The number of aromatic nitrogens is 1. The van der Waals surface area contributed by atoms with Crippen LogP contribution in [0.15, 0.2) is 24.3 Å². The van der Waals surface area contributed by atoms with Crippen LogP contribution in [-0.4, -0.2) is 15.9 Å². The van der Waals surface area contributed by atoms with Crippen LogP contribution in [-0.2, 0) is 4.94 Å². The average molecular weight is 224 g/mol. The molecule has 0 aliphatic heterocycles. The number of halogens is 1. The number of H-pyrrole nitrogens is 1. The van der Waals surface area contributed by atoms with Crippen molar-refractivity contribution in [3.05, 3.63) is 40.1 Å². The van der Waals surface area contributed by atoms with Crippen molar-refractivity contribution in [2.24, 2.45) is 0 Å². The highest BCUT2D eigenvalue weighted by Crippen LogP contribution is 2.21. The fourth-order valence-electron chi connectivity index (χ4n) is 1.38. The number of carbonyl (C=O) groups is 1. The molecule has 16 heavy (non-hydrogen) atoms. The first-order valence-electron chi connectivity index (χ1n) is 4.22. The Morgan fingerprint density at radius 2 is 2.19 bits per heavy atom. The zero-order valence-electron chi connectivity index (χ0n) is 7.77. The van der Waals surface area contributed by atoms with Crippen LogP contribution in [0.25, 0.3) is 10.9 Å². The summed E-state index contributed by atoms with van der Waals surface area (Å²) >= 11 is 0. The van der Waals surface area contributed by atoms with E-state index in [1.54, 1.807) is 0 Å². The molecule has 1 heterocycles. The molecule has 0 bridgehead atoms. The molecule has 0 amide bonds. The molecule has 7 heteroatoms. The summed E-state index contributed by atoms with van der Waals surface area (Å²) < 4.78 is 11.6. The zero-order valence-corrected chi connectivity index (χ0v) is 7.77. The van der Waals surface area contributed by atoms with Gasteiger partial charge in [0.15, 0.2) is 0 Å². The molecular weight excluding hydrogens is 219 g/mol. The molecule has 0 unspecified atom stereocenters. The second-order valence-corrected chi connectivity index (χ2v) is 3.08. The number of rotatable bonds is 2. The van der Waals surface area contributed by atoms with Crippen molar-refractivity contribution in [2.75, 3.05) is 0 Å². The first-order chi connectivity index (χ1) is 7.61. The van der Waals surface area contributed by atoms with Gasteiger partial charge in [-0.1, -0.05) is 0 Å². The molecule has 0 fully saturated rings. The zero-order chi connectivity index (χ0) is 11.7. The van der Waals surface area contributed by atoms with Gasteiger partial charge in [0.25, 0.3) is 5.69 Å². The normalized spacial score (nSPS) is 10.3. The van der Waals surface area contributed by atoms with Gasteiger partial charge in [0.05, 0.1) is 10.4 Å². The maximum absolute atomic E-state index is 11.6. The number of aromatic amines is 1. The van der Waals surface area contributed by atoms with E-state index in [1.807, 2.05) is 0 Å². The second kappa shape index (κ2) is 3.61. The molecule has 1 aromatic carbocycles. The molecular formula is C9H5FN2O4. The van der Waals surface area contributed by atoms with Crippen LogP contribution in [0.5, 0.6) is 0 Å². The van der Waals surface area contributed by atoms with Gasteiger partial charge < -0.3 is 4.98 Å². The quantitative estimate of drug-likeness (QED) is 0.625. The first kappa shape index (κ1) is 10.1. The smallest absolute Gasteiger partial charge is 0.349 e. The minimum Gasteiger partial charge on any atom is -0.349 e. The molecule has 0 aliphatic rings. The van der Waals surface area contributed by atoms with Crippen molar-refractivity contribution >= 4 is 22.6 Å². The number of nitro benzene ring substituents is 1. The first-order valence-corrected chi connectivity index (χ1v) is 4.22. The predicted octanol–water partition coefficient (Wildman–Crippen LogP) is 2.12. The third-order valence-corrected chi connectivity index (χ3v) is 2.11. The van der Waals surface area contributed by atoms with Crippen molar-refractivity contribution in [1.82, 2.24) is 4.98 Å². The highest BCUT2D eigenvalue weighted by atomic mass is 19.3. The predicted molar refractivity (Wildman–Crippen MR) is 51.5 cm³/mol. The average Bonchev–Trinajstić information content (AvgIpc) is 2.70. The van der Waals surface area contributed by atoms with Gasteiger partial charge >= 0.3 is 5.97 Å². The van der Waals surface area contributed by atoms with Crippen LogP contribution in [0.1, 0.15) is 10.5 Å². The Morgan fingerprint density at radius 1 is 1.44 bits per heavy atom. The lowest BCUT2D eigenvalue weighted by Crippen LogP contribution is -1.97. The van der Waals surface area contributed by atoms with E-state index in [0.29, 0.717) is 10.9 Å². The van der Waals surface area contributed by atoms with Crippen LogP contribution >= 0.6 is 0 Å². The number of hydrogen-bond acceptors (Lipinski definition) is 4. The SMILES string of the molecule is O=C(OF)c1cc2ccc([N+](=O)[O-])cc2[nH]1. The number of benzene rings is 1. The number of carbonyl (C=O) groups excluding carboxylic acids is 1. The summed E-state index contributed by atoms with van der Waals surface area (Å²) in [4.78, 5) is 26.3. The van der Waals surface area contributed by atoms with Gasteiger partial charge in [-0.25, -0.2) is 9.74 Å². The van der Waals surface area contributed by atoms with E-state index in [2.05, 4.69) is 9.93 Å². The van der Waals surface area contributed by atoms with Gasteiger partial charge in [0.1, 0.15) is 5.69 Å². The van der Waals surface area contributed by atoms with Gasteiger partial charge in [0.2, 0.25) is 0 Å². The van der Waals surface area contributed by atoms with E-state index in [4.69, 9.17) is 0 Å². The summed E-state index contributed by atoms with van der Waals surface area (Å²) in [5.41, 5.74) is 0.155. The van der Waals surface area contributed by atoms with Gasteiger partial charge in [-0.15, -0.1) is 0 Å². The maximum Gasteiger partial charge on any atom is 0.395 e. The standard InChI is InChI=1S/C9H5FN2O4/c10-16-9(13)8-3-5-1-2-6(12(14)15)4-7(5)11-8/h1-4,11H. The lowest BCUT2D eigenvalue weighted by Gasteiger charge is -1.90. The topological polar surface area (TPSA) is 85.2 Å². The molecule has 2 aromatic rings. The highest BCUT2D eigenvalue weighted by molar-refractivity contribution is 5.95. The van der Waals surface area contributed by atoms with Crippen LogP contribution in [0.3, 0.4) is 0 Å². The molecule has 0 saturated heterocycles. The summed E-state index contributed by atoms with van der Waals surface area (Å²) in [5.74, 6) is -1.17. The van der Waals surface area contributed by atoms with Crippen molar-refractivity contribution in [1.29, 1.82) is 0 Å². The maximum atomic E-state index is 11.6. The summed E-state index contributed by atoms with van der Waals surface area (Å²) in [6, 6.07) is 5.35.